The molecular weight excluding hydrogens is 326 g/mol. The Labute approximate surface area is 153 Å². The summed E-state index contributed by atoms with van der Waals surface area (Å²) < 4.78 is 11.1. The number of rotatable bonds is 7. The molecule has 1 N–H and O–H groups in total. The van der Waals surface area contributed by atoms with E-state index in [0.29, 0.717) is 18.7 Å². The molecule has 4 heteroatoms. The number of hydrogen-bond donors (Lipinski definition) is 1. The molecule has 3 aromatic rings. The fourth-order valence-electron chi connectivity index (χ4n) is 2.67. The van der Waals surface area contributed by atoms with Crippen molar-refractivity contribution >= 4 is 5.91 Å². The number of carbonyl (C=O) groups is 1. The number of methoxy groups -OCH3 is 1. The highest BCUT2D eigenvalue weighted by molar-refractivity contribution is 5.95. The minimum absolute atomic E-state index is 0.136. The van der Waals surface area contributed by atoms with Crippen molar-refractivity contribution in [2.24, 2.45) is 0 Å². The molecule has 132 valence electrons. The van der Waals surface area contributed by atoms with E-state index in [-0.39, 0.29) is 5.91 Å². The molecule has 3 aromatic carbocycles. The lowest BCUT2D eigenvalue weighted by molar-refractivity contribution is 0.0948. The predicted octanol–water partition coefficient (Wildman–Crippen LogP) is 4.20. The van der Waals surface area contributed by atoms with Crippen molar-refractivity contribution in [2.75, 3.05) is 7.11 Å². The molecule has 3 rings (SSSR count). The van der Waals surface area contributed by atoms with Gasteiger partial charge in [0.05, 0.1) is 7.11 Å². The van der Waals surface area contributed by atoms with Gasteiger partial charge in [0.15, 0.2) is 0 Å². The van der Waals surface area contributed by atoms with Crippen LogP contribution in [0.2, 0.25) is 0 Å². The smallest absolute Gasteiger partial charge is 0.251 e. The highest BCUT2D eigenvalue weighted by atomic mass is 16.5. The summed E-state index contributed by atoms with van der Waals surface area (Å²) in [6.45, 7) is 0.735. The Morgan fingerprint density at radius 2 is 1.50 bits per heavy atom. The third-order valence-corrected chi connectivity index (χ3v) is 4.03. The van der Waals surface area contributed by atoms with Crippen molar-refractivity contribution in [2.45, 2.75) is 13.2 Å². The number of hydrogen-bond acceptors (Lipinski definition) is 3. The number of para-hydroxylation sites is 2. The molecule has 0 saturated heterocycles. The average Bonchev–Trinajstić information content (AvgIpc) is 2.71. The van der Waals surface area contributed by atoms with Gasteiger partial charge in [-0.3, -0.25) is 4.79 Å². The lowest BCUT2D eigenvalue weighted by atomic mass is 10.1. The maximum Gasteiger partial charge on any atom is 0.251 e. The number of ether oxygens (including phenoxy) is 2. The molecule has 0 heterocycles. The number of benzene rings is 3. The van der Waals surface area contributed by atoms with Gasteiger partial charge in [-0.2, -0.15) is 0 Å². The van der Waals surface area contributed by atoms with Crippen molar-refractivity contribution in [3.05, 3.63) is 95.6 Å². The van der Waals surface area contributed by atoms with Gasteiger partial charge in [0, 0.05) is 23.2 Å². The van der Waals surface area contributed by atoms with Crippen molar-refractivity contribution in [3.8, 4) is 11.5 Å². The van der Waals surface area contributed by atoms with E-state index in [2.05, 4.69) is 5.32 Å². The summed E-state index contributed by atoms with van der Waals surface area (Å²) in [5.41, 5.74) is 2.38. The monoisotopic (exact) mass is 347 g/mol. The maximum atomic E-state index is 12.6. The van der Waals surface area contributed by atoms with Crippen LogP contribution < -0.4 is 14.8 Å². The predicted molar refractivity (Wildman–Crippen MR) is 101 cm³/mol. The summed E-state index contributed by atoms with van der Waals surface area (Å²) in [7, 11) is 1.62. The Bertz CT molecular complexity index is 862. The lowest BCUT2D eigenvalue weighted by Crippen LogP contribution is -2.24. The third-order valence-electron chi connectivity index (χ3n) is 4.03. The van der Waals surface area contributed by atoms with Crippen LogP contribution >= 0.6 is 0 Å². The molecule has 0 spiro atoms. The molecule has 0 aromatic heterocycles. The Balaban J connectivity index is 1.67. The van der Waals surface area contributed by atoms with E-state index in [4.69, 9.17) is 9.47 Å². The van der Waals surface area contributed by atoms with Crippen molar-refractivity contribution in [1.82, 2.24) is 5.32 Å². The zero-order valence-electron chi connectivity index (χ0n) is 14.6. The number of carbonyl (C=O) groups excluding carboxylic acids is 1. The normalized spacial score (nSPS) is 10.2. The summed E-state index contributed by atoms with van der Waals surface area (Å²) in [6, 6.07) is 24.7. The molecule has 26 heavy (non-hydrogen) atoms. The van der Waals surface area contributed by atoms with Gasteiger partial charge >= 0.3 is 0 Å². The van der Waals surface area contributed by atoms with Crippen LogP contribution in [0.1, 0.15) is 21.5 Å². The van der Waals surface area contributed by atoms with Crippen LogP contribution in [0.25, 0.3) is 0 Å². The van der Waals surface area contributed by atoms with Crippen LogP contribution in [0.15, 0.2) is 78.9 Å². The molecule has 1 amide bonds. The Morgan fingerprint density at radius 3 is 2.27 bits per heavy atom. The maximum absolute atomic E-state index is 12.6. The SMILES string of the molecule is COc1ccccc1CNC(=O)c1ccccc1COc1ccccc1. The summed E-state index contributed by atoms with van der Waals surface area (Å²) in [5, 5.41) is 2.95. The zero-order chi connectivity index (χ0) is 18.2. The molecule has 0 saturated carbocycles. The molecule has 0 aliphatic heterocycles. The van der Waals surface area contributed by atoms with E-state index in [1.165, 1.54) is 0 Å². The molecule has 0 unspecified atom stereocenters. The van der Waals surface area contributed by atoms with E-state index >= 15 is 0 Å². The van der Waals surface area contributed by atoms with Crippen molar-refractivity contribution < 1.29 is 14.3 Å². The number of amides is 1. The molecule has 0 fully saturated rings. The van der Waals surface area contributed by atoms with Gasteiger partial charge < -0.3 is 14.8 Å². The molecule has 0 aliphatic rings. The van der Waals surface area contributed by atoms with Gasteiger partial charge in [0.1, 0.15) is 18.1 Å². The van der Waals surface area contributed by atoms with Gasteiger partial charge in [-0.25, -0.2) is 0 Å². The summed E-state index contributed by atoms with van der Waals surface area (Å²) in [4.78, 5) is 12.6. The van der Waals surface area contributed by atoms with Crippen LogP contribution in [0, 0.1) is 0 Å². The Kier molecular flexibility index (Phi) is 5.88. The lowest BCUT2D eigenvalue weighted by Gasteiger charge is -2.13. The van der Waals surface area contributed by atoms with Gasteiger partial charge in [-0.15, -0.1) is 0 Å². The zero-order valence-corrected chi connectivity index (χ0v) is 14.6. The average molecular weight is 347 g/mol. The molecule has 0 bridgehead atoms. The first-order valence-electron chi connectivity index (χ1n) is 8.44. The van der Waals surface area contributed by atoms with E-state index in [9.17, 15) is 4.79 Å². The van der Waals surface area contributed by atoms with Crippen LogP contribution in [-0.4, -0.2) is 13.0 Å². The van der Waals surface area contributed by atoms with Gasteiger partial charge in [0.25, 0.3) is 5.91 Å². The van der Waals surface area contributed by atoms with Crippen molar-refractivity contribution in [1.29, 1.82) is 0 Å². The summed E-state index contributed by atoms with van der Waals surface area (Å²) >= 11 is 0. The minimum atomic E-state index is -0.136. The minimum Gasteiger partial charge on any atom is -0.496 e. The number of nitrogens with one attached hydrogen (secondary N) is 1. The first-order valence-corrected chi connectivity index (χ1v) is 8.44. The van der Waals surface area contributed by atoms with Gasteiger partial charge in [0.2, 0.25) is 0 Å². The Morgan fingerprint density at radius 1 is 0.846 bits per heavy atom. The highest BCUT2D eigenvalue weighted by Crippen LogP contribution is 2.18. The van der Waals surface area contributed by atoms with Crippen LogP contribution in [0.5, 0.6) is 11.5 Å². The quantitative estimate of drug-likeness (QED) is 0.697. The molecule has 0 radical (unpaired) electrons. The third kappa shape index (κ3) is 4.42. The topological polar surface area (TPSA) is 47.6 Å². The van der Waals surface area contributed by atoms with E-state index in [1.807, 2.05) is 72.8 Å². The van der Waals surface area contributed by atoms with Gasteiger partial charge in [-0.05, 0) is 24.3 Å². The standard InChI is InChI=1S/C22H21NO3/c1-25-21-14-8-6-9-17(21)15-23-22(24)20-13-7-5-10-18(20)16-26-19-11-3-2-4-12-19/h2-14H,15-16H2,1H3,(H,23,24). The molecule has 4 nitrogen and oxygen atoms in total. The fraction of sp³-hybridized carbons (Fsp3) is 0.136. The highest BCUT2D eigenvalue weighted by Gasteiger charge is 2.12. The van der Waals surface area contributed by atoms with E-state index < -0.39 is 0 Å². The molecular formula is C22H21NO3. The largest absolute Gasteiger partial charge is 0.496 e. The van der Waals surface area contributed by atoms with E-state index in [0.717, 1.165) is 22.6 Å². The van der Waals surface area contributed by atoms with Gasteiger partial charge in [-0.1, -0.05) is 54.6 Å². The van der Waals surface area contributed by atoms with Crippen molar-refractivity contribution in [3.63, 3.8) is 0 Å². The second-order valence-electron chi connectivity index (χ2n) is 5.75. The Hall–Kier alpha value is -3.27. The second kappa shape index (κ2) is 8.72. The first-order chi connectivity index (χ1) is 12.8. The molecule has 0 aliphatic carbocycles. The summed E-state index contributed by atoms with van der Waals surface area (Å²) in [5.74, 6) is 1.40. The fourth-order valence-corrected chi connectivity index (χ4v) is 2.67. The second-order valence-corrected chi connectivity index (χ2v) is 5.75. The van der Waals surface area contributed by atoms with Crippen LogP contribution in [-0.2, 0) is 13.2 Å². The van der Waals surface area contributed by atoms with E-state index in [1.54, 1.807) is 13.2 Å². The summed E-state index contributed by atoms with van der Waals surface area (Å²) in [6.07, 6.45) is 0. The first kappa shape index (κ1) is 17.5. The molecule has 0 atom stereocenters. The van der Waals surface area contributed by atoms with Crippen LogP contribution in [0.4, 0.5) is 0 Å². The van der Waals surface area contributed by atoms with Crippen LogP contribution in [0.3, 0.4) is 0 Å².